The van der Waals surface area contributed by atoms with Gasteiger partial charge in [-0.1, -0.05) is 0 Å². The van der Waals surface area contributed by atoms with Crippen molar-refractivity contribution in [1.82, 2.24) is 5.32 Å². The molecule has 0 spiro atoms. The molecular formula is C13H21NO3S. The van der Waals surface area contributed by atoms with Gasteiger partial charge in [0.15, 0.2) is 6.29 Å². The maximum atomic E-state index is 9.32. The fourth-order valence-corrected chi connectivity index (χ4v) is 2.74. The van der Waals surface area contributed by atoms with Gasteiger partial charge in [0.1, 0.15) is 0 Å². The summed E-state index contributed by atoms with van der Waals surface area (Å²) in [7, 11) is 0. The van der Waals surface area contributed by atoms with E-state index in [1.54, 1.807) is 11.3 Å². The number of ether oxygens (including phenoxy) is 2. The predicted octanol–water partition coefficient (Wildman–Crippen LogP) is 1.91. The molecule has 2 unspecified atom stereocenters. The smallest absolute Gasteiger partial charge is 0.157 e. The summed E-state index contributed by atoms with van der Waals surface area (Å²) in [6, 6.07) is 2.04. The third-order valence-corrected chi connectivity index (χ3v) is 3.76. The van der Waals surface area contributed by atoms with Crippen LogP contribution in [-0.2, 0) is 9.47 Å². The zero-order valence-corrected chi connectivity index (χ0v) is 11.3. The second-order valence-electron chi connectivity index (χ2n) is 4.41. The zero-order valence-electron chi connectivity index (χ0n) is 10.5. The van der Waals surface area contributed by atoms with Crippen LogP contribution in [0.4, 0.5) is 0 Å². The van der Waals surface area contributed by atoms with Gasteiger partial charge in [0.25, 0.3) is 0 Å². The Bertz CT molecular complexity index is 312. The van der Waals surface area contributed by atoms with Gasteiger partial charge in [-0.05, 0) is 41.7 Å². The van der Waals surface area contributed by atoms with Gasteiger partial charge in [-0.25, -0.2) is 0 Å². The number of hydrogen-bond donors (Lipinski definition) is 2. The molecule has 2 N–H and O–H groups in total. The Balaban J connectivity index is 1.61. The van der Waals surface area contributed by atoms with Crippen LogP contribution in [-0.4, -0.2) is 37.8 Å². The quantitative estimate of drug-likeness (QED) is 0.744. The first-order valence-corrected chi connectivity index (χ1v) is 7.44. The summed E-state index contributed by atoms with van der Waals surface area (Å²) >= 11 is 1.64. The Morgan fingerprint density at radius 2 is 2.50 bits per heavy atom. The highest BCUT2D eigenvalue weighted by Crippen LogP contribution is 2.16. The van der Waals surface area contributed by atoms with E-state index in [1.165, 1.54) is 6.42 Å². The Hall–Kier alpha value is -0.460. The van der Waals surface area contributed by atoms with Gasteiger partial charge in [0.05, 0.1) is 19.3 Å². The molecule has 0 aliphatic carbocycles. The van der Waals surface area contributed by atoms with E-state index >= 15 is 0 Å². The van der Waals surface area contributed by atoms with Gasteiger partial charge < -0.3 is 19.9 Å². The molecule has 1 saturated heterocycles. The van der Waals surface area contributed by atoms with Crippen LogP contribution in [0.5, 0.6) is 0 Å². The van der Waals surface area contributed by atoms with Gasteiger partial charge >= 0.3 is 0 Å². The third-order valence-electron chi connectivity index (χ3n) is 3.06. The number of thiophene rings is 1. The molecule has 2 atom stereocenters. The first-order chi connectivity index (χ1) is 8.90. The van der Waals surface area contributed by atoms with Crippen LogP contribution in [0, 0.1) is 0 Å². The van der Waals surface area contributed by atoms with Crippen molar-refractivity contribution in [2.75, 3.05) is 26.4 Å². The molecule has 5 heteroatoms. The van der Waals surface area contributed by atoms with Crippen molar-refractivity contribution >= 4 is 11.3 Å². The fourth-order valence-electron chi connectivity index (χ4n) is 2.03. The highest BCUT2D eigenvalue weighted by Gasteiger charge is 2.14. The number of aliphatic hydroxyl groups excluding tert-OH is 1. The lowest BCUT2D eigenvalue weighted by Crippen LogP contribution is -2.30. The van der Waals surface area contributed by atoms with Gasteiger partial charge in [-0.3, -0.25) is 0 Å². The van der Waals surface area contributed by atoms with Crippen LogP contribution in [0.15, 0.2) is 16.8 Å². The van der Waals surface area contributed by atoms with E-state index in [9.17, 15) is 5.11 Å². The normalized spacial score (nSPS) is 21.9. The molecule has 1 fully saturated rings. The second kappa shape index (κ2) is 7.86. The SMILES string of the molecule is OCC(NCCOC1CCCCO1)c1ccsc1. The molecule has 2 rings (SSSR count). The minimum absolute atomic E-state index is 0.00660. The summed E-state index contributed by atoms with van der Waals surface area (Å²) < 4.78 is 11.1. The summed E-state index contributed by atoms with van der Waals surface area (Å²) in [6.45, 7) is 2.26. The lowest BCUT2D eigenvalue weighted by Gasteiger charge is -2.23. The Morgan fingerprint density at radius 1 is 1.56 bits per heavy atom. The number of nitrogens with one attached hydrogen (secondary N) is 1. The molecule has 0 bridgehead atoms. The largest absolute Gasteiger partial charge is 0.394 e. The molecule has 1 aromatic heterocycles. The minimum atomic E-state index is -0.0331. The maximum Gasteiger partial charge on any atom is 0.157 e. The summed E-state index contributed by atoms with van der Waals surface area (Å²) in [5.41, 5.74) is 1.14. The number of rotatable bonds is 7. The van der Waals surface area contributed by atoms with Gasteiger partial charge in [0, 0.05) is 13.2 Å². The Morgan fingerprint density at radius 3 is 3.17 bits per heavy atom. The summed E-state index contributed by atoms with van der Waals surface area (Å²) in [6.07, 6.45) is 3.29. The van der Waals surface area contributed by atoms with Crippen molar-refractivity contribution in [3.8, 4) is 0 Å². The third kappa shape index (κ3) is 4.33. The maximum absolute atomic E-state index is 9.32. The van der Waals surface area contributed by atoms with Crippen LogP contribution in [0.2, 0.25) is 0 Å². The van der Waals surface area contributed by atoms with Gasteiger partial charge in [-0.15, -0.1) is 0 Å². The Kier molecular flexibility index (Phi) is 6.10. The van der Waals surface area contributed by atoms with E-state index in [4.69, 9.17) is 9.47 Å². The lowest BCUT2D eigenvalue weighted by atomic mass is 10.1. The Labute approximate surface area is 112 Å². The van der Waals surface area contributed by atoms with Crippen molar-refractivity contribution in [3.05, 3.63) is 22.4 Å². The monoisotopic (exact) mass is 271 g/mol. The molecule has 1 aliphatic heterocycles. The molecule has 0 amide bonds. The average molecular weight is 271 g/mol. The average Bonchev–Trinajstić information content (AvgIpc) is 2.94. The van der Waals surface area contributed by atoms with Crippen molar-refractivity contribution in [2.24, 2.45) is 0 Å². The highest BCUT2D eigenvalue weighted by atomic mass is 32.1. The minimum Gasteiger partial charge on any atom is -0.394 e. The van der Waals surface area contributed by atoms with Gasteiger partial charge in [0.2, 0.25) is 0 Å². The van der Waals surface area contributed by atoms with Crippen LogP contribution in [0.3, 0.4) is 0 Å². The standard InChI is InChI=1S/C13H21NO3S/c15-9-12(11-4-8-18-10-11)14-5-7-17-13-3-1-2-6-16-13/h4,8,10,12-15H,1-3,5-7,9H2. The van der Waals surface area contributed by atoms with E-state index in [1.807, 2.05) is 11.4 Å². The molecular weight excluding hydrogens is 250 g/mol. The number of aliphatic hydroxyl groups is 1. The summed E-state index contributed by atoms with van der Waals surface area (Å²) in [5.74, 6) is 0. The van der Waals surface area contributed by atoms with E-state index < -0.39 is 0 Å². The molecule has 0 radical (unpaired) electrons. The molecule has 2 heterocycles. The van der Waals surface area contributed by atoms with E-state index in [0.29, 0.717) is 6.61 Å². The first-order valence-electron chi connectivity index (χ1n) is 6.49. The van der Waals surface area contributed by atoms with Crippen molar-refractivity contribution in [2.45, 2.75) is 31.6 Å². The molecule has 0 saturated carbocycles. The highest BCUT2D eigenvalue weighted by molar-refractivity contribution is 7.07. The van der Waals surface area contributed by atoms with Gasteiger partial charge in [-0.2, -0.15) is 11.3 Å². The second-order valence-corrected chi connectivity index (χ2v) is 5.19. The van der Waals surface area contributed by atoms with Crippen molar-refractivity contribution in [1.29, 1.82) is 0 Å². The van der Waals surface area contributed by atoms with Crippen LogP contribution < -0.4 is 5.32 Å². The van der Waals surface area contributed by atoms with Crippen molar-refractivity contribution in [3.63, 3.8) is 0 Å². The van der Waals surface area contributed by atoms with E-state index in [-0.39, 0.29) is 18.9 Å². The molecule has 1 aliphatic rings. The van der Waals surface area contributed by atoms with Crippen LogP contribution >= 0.6 is 11.3 Å². The topological polar surface area (TPSA) is 50.7 Å². The van der Waals surface area contributed by atoms with E-state index in [2.05, 4.69) is 10.7 Å². The van der Waals surface area contributed by atoms with Crippen LogP contribution in [0.1, 0.15) is 30.9 Å². The molecule has 0 aromatic carbocycles. The summed E-state index contributed by atoms with van der Waals surface area (Å²) in [4.78, 5) is 0. The molecule has 102 valence electrons. The molecule has 1 aromatic rings. The summed E-state index contributed by atoms with van der Waals surface area (Å²) in [5, 5.41) is 16.7. The lowest BCUT2D eigenvalue weighted by molar-refractivity contribution is -0.161. The van der Waals surface area contributed by atoms with E-state index in [0.717, 1.165) is 31.6 Å². The molecule has 18 heavy (non-hydrogen) atoms. The van der Waals surface area contributed by atoms with Crippen molar-refractivity contribution < 1.29 is 14.6 Å². The number of hydrogen-bond acceptors (Lipinski definition) is 5. The van der Waals surface area contributed by atoms with Crippen LogP contribution in [0.25, 0.3) is 0 Å². The predicted molar refractivity (Wildman–Crippen MR) is 71.7 cm³/mol. The molecule has 4 nitrogen and oxygen atoms in total. The fraction of sp³-hybridized carbons (Fsp3) is 0.692. The zero-order chi connectivity index (χ0) is 12.6. The first kappa shape index (κ1) is 14.0.